The first kappa shape index (κ1) is 21.1. The van der Waals surface area contributed by atoms with Crippen molar-refractivity contribution >= 4 is 35.5 Å². The van der Waals surface area contributed by atoms with Gasteiger partial charge in [-0.25, -0.2) is 0 Å². The molecule has 2 aliphatic heterocycles. The van der Waals surface area contributed by atoms with Crippen LogP contribution in [-0.4, -0.2) is 61.6 Å². The van der Waals surface area contributed by atoms with Gasteiger partial charge in [-0.2, -0.15) is 0 Å². The molecule has 8 nitrogen and oxygen atoms in total. The van der Waals surface area contributed by atoms with E-state index in [1.807, 2.05) is 6.92 Å². The van der Waals surface area contributed by atoms with E-state index in [2.05, 4.69) is 16.0 Å². The number of rotatable bonds is 5. The number of carbonyl (C=O) groups is 3. The molecule has 1 aromatic carbocycles. The van der Waals surface area contributed by atoms with Crippen LogP contribution in [0.4, 0.5) is 5.69 Å². The molecule has 2 fully saturated rings. The fraction of sp³-hybridized carbons (Fsp3) is 0.500. The monoisotopic (exact) mass is 396 g/mol. The first-order valence-electron chi connectivity index (χ1n) is 8.79. The molecule has 0 aromatic heterocycles. The van der Waals surface area contributed by atoms with E-state index in [4.69, 9.17) is 16.3 Å². The number of benzene rings is 1. The largest absolute Gasteiger partial charge is 0.356 e. The molecule has 9 heteroatoms. The molecule has 0 bridgehead atoms. The second-order valence-electron chi connectivity index (χ2n) is 6.38. The predicted octanol–water partition coefficient (Wildman–Crippen LogP) is 0.966. The van der Waals surface area contributed by atoms with Gasteiger partial charge in [0, 0.05) is 16.8 Å². The molecular weight excluding hydrogens is 372 g/mol. The van der Waals surface area contributed by atoms with Crippen molar-refractivity contribution in [2.75, 3.05) is 25.5 Å². The normalized spacial score (nSPS) is 23.7. The van der Waals surface area contributed by atoms with Crippen molar-refractivity contribution in [3.8, 4) is 0 Å². The van der Waals surface area contributed by atoms with Crippen LogP contribution < -0.4 is 16.0 Å². The fourth-order valence-electron chi connectivity index (χ4n) is 3.05. The number of hydrogen-bond donors (Lipinski definition) is 3. The summed E-state index contributed by atoms with van der Waals surface area (Å²) in [6.45, 7) is 2.50. The number of hydrogen-bond acceptors (Lipinski definition) is 5. The summed E-state index contributed by atoms with van der Waals surface area (Å²) in [6.07, 6.45) is 2.40. The number of carbonyl (C=O) groups excluding carboxylic acids is 3. The molecule has 3 N–H and O–H groups in total. The van der Waals surface area contributed by atoms with E-state index in [0.717, 1.165) is 18.5 Å². The van der Waals surface area contributed by atoms with E-state index in [1.54, 1.807) is 36.2 Å². The Morgan fingerprint density at radius 3 is 2.67 bits per heavy atom. The molecule has 3 rings (SSSR count). The molecule has 2 aliphatic rings. The number of anilines is 1. The SMILES string of the molecule is CNCC(=O)N[C@H]1COC2CCC(C)N2C1=O.O=CNc1ccc(Cl)cc1. The molecule has 3 amide bonds. The van der Waals surface area contributed by atoms with Crippen LogP contribution in [0.1, 0.15) is 19.8 Å². The lowest BCUT2D eigenvalue weighted by atomic mass is 10.2. The lowest BCUT2D eigenvalue weighted by Crippen LogP contribution is -2.59. The summed E-state index contributed by atoms with van der Waals surface area (Å²) in [5.74, 6) is -0.199. The number of likely N-dealkylation sites (N-methyl/N-ethyl adjacent to an activating group) is 1. The molecule has 148 valence electrons. The summed E-state index contributed by atoms with van der Waals surface area (Å²) < 4.78 is 5.60. The van der Waals surface area contributed by atoms with Gasteiger partial charge in [-0.3, -0.25) is 14.4 Å². The zero-order chi connectivity index (χ0) is 19.8. The fourth-order valence-corrected chi connectivity index (χ4v) is 3.18. The highest BCUT2D eigenvalue weighted by Crippen LogP contribution is 2.28. The molecule has 0 saturated carbocycles. The maximum atomic E-state index is 12.2. The van der Waals surface area contributed by atoms with Gasteiger partial charge in [0.25, 0.3) is 0 Å². The smallest absolute Gasteiger partial charge is 0.249 e. The Hall–Kier alpha value is -2.16. The Morgan fingerprint density at radius 1 is 1.33 bits per heavy atom. The summed E-state index contributed by atoms with van der Waals surface area (Å²) in [5.41, 5.74) is 0.749. The van der Waals surface area contributed by atoms with Gasteiger partial charge in [0.1, 0.15) is 12.3 Å². The average Bonchev–Trinajstić information content (AvgIpc) is 3.02. The topological polar surface area (TPSA) is 99.8 Å². The molecule has 2 heterocycles. The Balaban J connectivity index is 0.000000223. The van der Waals surface area contributed by atoms with E-state index < -0.39 is 6.04 Å². The summed E-state index contributed by atoms with van der Waals surface area (Å²) >= 11 is 5.60. The van der Waals surface area contributed by atoms with Crippen LogP contribution in [0.25, 0.3) is 0 Å². The Morgan fingerprint density at radius 2 is 2.04 bits per heavy atom. The van der Waals surface area contributed by atoms with Crippen molar-refractivity contribution in [1.82, 2.24) is 15.5 Å². The van der Waals surface area contributed by atoms with Crippen molar-refractivity contribution in [3.63, 3.8) is 0 Å². The van der Waals surface area contributed by atoms with Gasteiger partial charge in [0.05, 0.1) is 13.2 Å². The molecule has 0 spiro atoms. The summed E-state index contributed by atoms with van der Waals surface area (Å²) in [6, 6.07) is 6.57. The molecule has 2 unspecified atom stereocenters. The van der Waals surface area contributed by atoms with E-state index in [1.165, 1.54) is 0 Å². The second kappa shape index (κ2) is 10.2. The van der Waals surface area contributed by atoms with Crippen LogP contribution >= 0.6 is 11.6 Å². The number of nitrogens with one attached hydrogen (secondary N) is 3. The standard InChI is InChI=1S/C11H19N3O3.C7H6ClNO/c1-7-3-4-10-14(7)11(16)8(6-17-10)13-9(15)5-12-2;8-6-1-3-7(4-2-6)9-5-10/h7-8,10,12H,3-6H2,1-2H3,(H,13,15);1-5H,(H,9,10)/t7?,8-,10?;/m0./s1. The van der Waals surface area contributed by atoms with Crippen molar-refractivity contribution in [2.45, 2.75) is 38.1 Å². The zero-order valence-electron chi connectivity index (χ0n) is 15.4. The van der Waals surface area contributed by atoms with Gasteiger partial charge in [-0.05, 0) is 51.1 Å². The summed E-state index contributed by atoms with van der Waals surface area (Å²) in [4.78, 5) is 35.3. The molecule has 2 saturated heterocycles. The van der Waals surface area contributed by atoms with Crippen LogP contribution in [-0.2, 0) is 19.1 Å². The third kappa shape index (κ3) is 5.92. The van der Waals surface area contributed by atoms with Crippen LogP contribution in [0, 0.1) is 0 Å². The molecule has 0 aliphatic carbocycles. The van der Waals surface area contributed by atoms with Gasteiger partial charge in [0.15, 0.2) is 0 Å². The van der Waals surface area contributed by atoms with Gasteiger partial charge >= 0.3 is 0 Å². The van der Waals surface area contributed by atoms with E-state index >= 15 is 0 Å². The number of nitrogens with zero attached hydrogens (tertiary/aromatic N) is 1. The minimum atomic E-state index is -0.535. The van der Waals surface area contributed by atoms with E-state index in [0.29, 0.717) is 11.4 Å². The first-order chi connectivity index (χ1) is 13.0. The van der Waals surface area contributed by atoms with Crippen molar-refractivity contribution in [2.24, 2.45) is 0 Å². The second-order valence-corrected chi connectivity index (χ2v) is 6.82. The molecule has 27 heavy (non-hydrogen) atoms. The molecule has 0 radical (unpaired) electrons. The van der Waals surface area contributed by atoms with E-state index in [-0.39, 0.29) is 37.2 Å². The highest BCUT2D eigenvalue weighted by Gasteiger charge is 2.42. The molecule has 1 aromatic rings. The van der Waals surface area contributed by atoms with Crippen LogP contribution in [0.3, 0.4) is 0 Å². The number of fused-ring (bicyclic) bond motifs is 1. The van der Waals surface area contributed by atoms with Crippen molar-refractivity contribution in [3.05, 3.63) is 29.3 Å². The third-order valence-electron chi connectivity index (χ3n) is 4.37. The minimum Gasteiger partial charge on any atom is -0.356 e. The quantitative estimate of drug-likeness (QED) is 0.644. The van der Waals surface area contributed by atoms with Gasteiger partial charge in [0.2, 0.25) is 18.2 Å². The average molecular weight is 397 g/mol. The highest BCUT2D eigenvalue weighted by molar-refractivity contribution is 6.30. The number of halogens is 1. The highest BCUT2D eigenvalue weighted by atomic mass is 35.5. The van der Waals surface area contributed by atoms with Gasteiger partial charge < -0.3 is 25.6 Å². The molecular formula is C18H25ClN4O4. The Kier molecular flexibility index (Phi) is 8.02. The minimum absolute atomic E-state index is 0.0179. The Labute approximate surface area is 163 Å². The van der Waals surface area contributed by atoms with Crippen LogP contribution in [0.5, 0.6) is 0 Å². The predicted molar refractivity (Wildman–Crippen MR) is 102 cm³/mol. The first-order valence-corrected chi connectivity index (χ1v) is 9.17. The lowest BCUT2D eigenvalue weighted by Gasteiger charge is -2.37. The van der Waals surface area contributed by atoms with Crippen molar-refractivity contribution < 1.29 is 19.1 Å². The maximum absolute atomic E-state index is 12.2. The maximum Gasteiger partial charge on any atom is 0.249 e. The number of ether oxygens (including phenoxy) is 1. The third-order valence-corrected chi connectivity index (χ3v) is 4.62. The van der Waals surface area contributed by atoms with Gasteiger partial charge in [-0.15, -0.1) is 0 Å². The summed E-state index contributed by atoms with van der Waals surface area (Å²) in [7, 11) is 1.69. The summed E-state index contributed by atoms with van der Waals surface area (Å²) in [5, 5.41) is 8.59. The van der Waals surface area contributed by atoms with Crippen LogP contribution in [0.2, 0.25) is 5.02 Å². The van der Waals surface area contributed by atoms with E-state index in [9.17, 15) is 14.4 Å². The van der Waals surface area contributed by atoms with Gasteiger partial charge in [-0.1, -0.05) is 11.6 Å². The van der Waals surface area contributed by atoms with Crippen molar-refractivity contribution in [1.29, 1.82) is 0 Å². The number of amides is 3. The zero-order valence-corrected chi connectivity index (χ0v) is 16.2. The Bertz CT molecular complexity index is 655. The molecule has 3 atom stereocenters. The van der Waals surface area contributed by atoms with Crippen LogP contribution in [0.15, 0.2) is 24.3 Å². The lowest BCUT2D eigenvalue weighted by molar-refractivity contribution is -0.164.